The molecule has 1 saturated carbocycles. The Morgan fingerprint density at radius 3 is 2.52 bits per heavy atom. The molecule has 9 nitrogen and oxygen atoms in total. The standard InChI is InChI=1S/C16H26N4O5S.ClH/c1-10-14(11(2)25-19-10)26(23,24)20-16(5-3-4-6-16)15(22)18-8-12-7-17-9-13(12)21;/h12-13,17,20-21H,3-9H2,1-2H3,(H,18,22);1H. The van der Waals surface area contributed by atoms with E-state index in [9.17, 15) is 18.3 Å². The maximum atomic E-state index is 12.9. The summed E-state index contributed by atoms with van der Waals surface area (Å²) in [6, 6.07) is 0. The summed E-state index contributed by atoms with van der Waals surface area (Å²) in [6.45, 7) is 4.52. The number of rotatable bonds is 6. The van der Waals surface area contributed by atoms with E-state index >= 15 is 0 Å². The lowest BCUT2D eigenvalue weighted by molar-refractivity contribution is -0.127. The van der Waals surface area contributed by atoms with E-state index in [0.717, 1.165) is 12.8 Å². The summed E-state index contributed by atoms with van der Waals surface area (Å²) in [6.07, 6.45) is 1.91. The molecular weight excluding hydrogens is 396 g/mol. The minimum Gasteiger partial charge on any atom is -0.391 e. The normalized spacial score (nSPS) is 24.6. The number of nitrogens with one attached hydrogen (secondary N) is 3. The van der Waals surface area contributed by atoms with E-state index in [2.05, 4.69) is 20.5 Å². The minimum absolute atomic E-state index is 0. The number of carbonyl (C=O) groups excluding carboxylic acids is 1. The monoisotopic (exact) mass is 422 g/mol. The van der Waals surface area contributed by atoms with E-state index in [1.54, 1.807) is 6.92 Å². The van der Waals surface area contributed by atoms with Crippen LogP contribution in [0.2, 0.25) is 0 Å². The summed E-state index contributed by atoms with van der Waals surface area (Å²) < 4.78 is 33.3. The number of hydrogen-bond acceptors (Lipinski definition) is 7. The Kier molecular flexibility index (Phi) is 6.91. The SMILES string of the molecule is Cc1noc(C)c1S(=O)(=O)NC1(C(=O)NCC2CNCC2O)CCCC1.Cl. The van der Waals surface area contributed by atoms with Crippen LogP contribution in [0.3, 0.4) is 0 Å². The van der Waals surface area contributed by atoms with Crippen LogP contribution < -0.4 is 15.4 Å². The molecule has 2 unspecified atom stereocenters. The van der Waals surface area contributed by atoms with Gasteiger partial charge >= 0.3 is 0 Å². The molecule has 1 amide bonds. The van der Waals surface area contributed by atoms with Crippen LogP contribution in [0.1, 0.15) is 37.1 Å². The molecule has 1 aromatic heterocycles. The molecule has 2 aliphatic rings. The van der Waals surface area contributed by atoms with Gasteiger partial charge in [-0.3, -0.25) is 4.79 Å². The summed E-state index contributed by atoms with van der Waals surface area (Å²) in [7, 11) is -3.94. The molecular formula is C16H27ClN4O5S. The van der Waals surface area contributed by atoms with Crippen molar-refractivity contribution in [1.29, 1.82) is 0 Å². The van der Waals surface area contributed by atoms with Crippen molar-refractivity contribution in [3.8, 4) is 0 Å². The fraction of sp³-hybridized carbons (Fsp3) is 0.750. The third-order valence-corrected chi connectivity index (χ3v) is 7.07. The molecule has 1 aromatic rings. The molecule has 27 heavy (non-hydrogen) atoms. The molecule has 2 fully saturated rings. The lowest BCUT2D eigenvalue weighted by Gasteiger charge is -2.29. The largest absolute Gasteiger partial charge is 0.391 e. The molecule has 4 N–H and O–H groups in total. The summed E-state index contributed by atoms with van der Waals surface area (Å²) in [5.41, 5.74) is -0.907. The smallest absolute Gasteiger partial charge is 0.246 e. The number of amides is 1. The van der Waals surface area contributed by atoms with Gasteiger partial charge in [0, 0.05) is 25.6 Å². The molecule has 1 saturated heterocycles. The van der Waals surface area contributed by atoms with Crippen molar-refractivity contribution in [1.82, 2.24) is 20.5 Å². The second-order valence-electron chi connectivity index (χ2n) is 7.24. The number of aliphatic hydroxyl groups excluding tert-OH is 1. The van der Waals surface area contributed by atoms with Crippen molar-refractivity contribution in [3.05, 3.63) is 11.5 Å². The molecule has 1 aliphatic carbocycles. The van der Waals surface area contributed by atoms with Gasteiger partial charge < -0.3 is 20.3 Å². The van der Waals surface area contributed by atoms with Crippen LogP contribution in [0.4, 0.5) is 0 Å². The number of carbonyl (C=O) groups is 1. The Hall–Kier alpha value is -1.20. The fourth-order valence-corrected chi connectivity index (χ4v) is 5.60. The average Bonchev–Trinajstić information content (AvgIpc) is 3.27. The second kappa shape index (κ2) is 8.44. The van der Waals surface area contributed by atoms with E-state index < -0.39 is 21.7 Å². The maximum Gasteiger partial charge on any atom is 0.246 e. The number of aliphatic hydroxyl groups is 1. The second-order valence-corrected chi connectivity index (χ2v) is 8.86. The first-order chi connectivity index (χ1) is 12.3. The van der Waals surface area contributed by atoms with Gasteiger partial charge in [-0.25, -0.2) is 8.42 Å². The molecule has 0 spiro atoms. The van der Waals surface area contributed by atoms with Crippen molar-refractivity contribution < 1.29 is 22.8 Å². The highest BCUT2D eigenvalue weighted by atomic mass is 35.5. The number of β-amino-alcohol motifs (C(OH)–C–C–N with tert-alkyl or cyclic N) is 1. The summed E-state index contributed by atoms with van der Waals surface area (Å²) in [5.74, 6) is -0.218. The average molecular weight is 423 g/mol. The molecule has 11 heteroatoms. The Morgan fingerprint density at radius 1 is 1.33 bits per heavy atom. The number of aromatic nitrogens is 1. The zero-order valence-corrected chi connectivity index (χ0v) is 17.1. The molecule has 0 aromatic carbocycles. The number of aryl methyl sites for hydroxylation is 2. The van der Waals surface area contributed by atoms with Crippen LogP contribution in [0, 0.1) is 19.8 Å². The van der Waals surface area contributed by atoms with E-state index in [4.69, 9.17) is 4.52 Å². The lowest BCUT2D eigenvalue weighted by atomic mass is 9.97. The van der Waals surface area contributed by atoms with Crippen molar-refractivity contribution in [3.63, 3.8) is 0 Å². The van der Waals surface area contributed by atoms with Gasteiger partial charge in [-0.1, -0.05) is 18.0 Å². The summed E-state index contributed by atoms with van der Waals surface area (Å²) in [4.78, 5) is 12.9. The third kappa shape index (κ3) is 4.45. The van der Waals surface area contributed by atoms with Gasteiger partial charge in [0.2, 0.25) is 15.9 Å². The highest BCUT2D eigenvalue weighted by molar-refractivity contribution is 7.89. The first kappa shape index (κ1) is 22.1. The zero-order valence-electron chi connectivity index (χ0n) is 15.4. The van der Waals surface area contributed by atoms with Crippen LogP contribution in [0.15, 0.2) is 9.42 Å². The topological polar surface area (TPSA) is 134 Å². The van der Waals surface area contributed by atoms with Crippen molar-refractivity contribution >= 4 is 28.3 Å². The molecule has 1 aliphatic heterocycles. The van der Waals surface area contributed by atoms with E-state index in [1.165, 1.54) is 6.92 Å². The van der Waals surface area contributed by atoms with Crippen LogP contribution >= 0.6 is 12.4 Å². The molecule has 154 valence electrons. The van der Waals surface area contributed by atoms with Gasteiger partial charge in [0.05, 0.1) is 6.10 Å². The van der Waals surface area contributed by atoms with Crippen molar-refractivity contribution in [2.45, 2.75) is 56.1 Å². The first-order valence-electron chi connectivity index (χ1n) is 8.89. The molecule has 2 heterocycles. The van der Waals surface area contributed by atoms with E-state index in [0.29, 0.717) is 32.5 Å². The van der Waals surface area contributed by atoms with Crippen molar-refractivity contribution in [2.24, 2.45) is 5.92 Å². The Balaban J connectivity index is 0.00000261. The third-order valence-electron chi connectivity index (χ3n) is 5.29. The highest BCUT2D eigenvalue weighted by Gasteiger charge is 2.45. The van der Waals surface area contributed by atoms with E-state index in [1.807, 2.05) is 0 Å². The summed E-state index contributed by atoms with van der Waals surface area (Å²) in [5, 5.41) is 19.4. The molecule has 0 bridgehead atoms. The fourth-order valence-electron chi connectivity index (χ4n) is 3.84. The van der Waals surface area contributed by atoms with Crippen molar-refractivity contribution in [2.75, 3.05) is 19.6 Å². The number of nitrogens with zero attached hydrogens (tertiary/aromatic N) is 1. The van der Waals surface area contributed by atoms with Gasteiger partial charge in [-0.15, -0.1) is 12.4 Å². The van der Waals surface area contributed by atoms with Crippen LogP contribution in [0.25, 0.3) is 0 Å². The predicted octanol–water partition coefficient (Wildman–Crippen LogP) is 0.000840. The first-order valence-corrected chi connectivity index (χ1v) is 10.4. The van der Waals surface area contributed by atoms with Gasteiger partial charge in [-0.2, -0.15) is 4.72 Å². The minimum atomic E-state index is -3.94. The number of hydrogen-bond donors (Lipinski definition) is 4. The van der Waals surface area contributed by atoms with Gasteiger partial charge in [-0.05, 0) is 26.7 Å². The molecule has 2 atom stereocenters. The van der Waals surface area contributed by atoms with E-state index in [-0.39, 0.29) is 40.6 Å². The zero-order chi connectivity index (χ0) is 18.9. The van der Waals surface area contributed by atoms with Crippen LogP contribution in [-0.2, 0) is 14.8 Å². The highest BCUT2D eigenvalue weighted by Crippen LogP contribution is 2.32. The number of halogens is 1. The van der Waals surface area contributed by atoms with Gasteiger partial charge in [0.1, 0.15) is 16.1 Å². The molecule has 3 rings (SSSR count). The van der Waals surface area contributed by atoms with Gasteiger partial charge in [0.15, 0.2) is 5.76 Å². The molecule has 0 radical (unpaired) electrons. The Labute approximate surface area is 165 Å². The lowest BCUT2D eigenvalue weighted by Crippen LogP contribution is -2.57. The van der Waals surface area contributed by atoms with Crippen LogP contribution in [-0.4, -0.2) is 55.9 Å². The predicted molar refractivity (Wildman–Crippen MR) is 100 cm³/mol. The quantitative estimate of drug-likeness (QED) is 0.507. The Morgan fingerprint density at radius 2 is 2.00 bits per heavy atom. The van der Waals surface area contributed by atoms with Crippen LogP contribution in [0.5, 0.6) is 0 Å². The Bertz CT molecular complexity index is 756. The van der Waals surface area contributed by atoms with Gasteiger partial charge in [0.25, 0.3) is 0 Å². The number of sulfonamides is 1. The maximum absolute atomic E-state index is 12.9. The summed E-state index contributed by atoms with van der Waals surface area (Å²) >= 11 is 0.